The molecule has 1 heteroatoms. The molecule has 0 aromatic rings. The predicted octanol–water partition coefficient (Wildman–Crippen LogP) is 3.11. The zero-order chi connectivity index (χ0) is 11.0. The van der Waals surface area contributed by atoms with Gasteiger partial charge in [0.25, 0.3) is 0 Å². The lowest BCUT2D eigenvalue weighted by atomic mass is 9.62. The highest BCUT2D eigenvalue weighted by Crippen LogP contribution is 2.43. The molecule has 1 nitrogen and oxygen atoms in total. The van der Waals surface area contributed by atoms with E-state index in [0.717, 1.165) is 35.6 Å². The molecule has 14 heavy (non-hydrogen) atoms. The maximum Gasteiger partial charge on any atom is 0.0146 e. The van der Waals surface area contributed by atoms with Crippen LogP contribution in [0.5, 0.6) is 0 Å². The van der Waals surface area contributed by atoms with Crippen molar-refractivity contribution in [1.29, 1.82) is 0 Å². The average Bonchev–Trinajstić information content (AvgIpc) is 2.11. The molecule has 1 aliphatic carbocycles. The molecule has 0 amide bonds. The van der Waals surface area contributed by atoms with E-state index in [-0.39, 0.29) is 0 Å². The molecular weight excluding hydrogens is 170 g/mol. The van der Waals surface area contributed by atoms with Crippen molar-refractivity contribution in [3.05, 3.63) is 0 Å². The second-order valence-electron chi connectivity index (χ2n) is 5.75. The van der Waals surface area contributed by atoms with Crippen molar-refractivity contribution >= 4 is 0 Å². The fourth-order valence-corrected chi connectivity index (χ4v) is 3.48. The zero-order valence-electron chi connectivity index (χ0n) is 10.9. The van der Waals surface area contributed by atoms with Crippen LogP contribution in [0.3, 0.4) is 0 Å². The van der Waals surface area contributed by atoms with Crippen LogP contribution in [0.25, 0.3) is 0 Å². The smallest absolute Gasteiger partial charge is 0.0146 e. The standard InChI is InChI=1S/C13H27N/c1-8-9(2)11(4)13(14(6)7)12(5)10(8)3/h8-13H,1-7H3. The van der Waals surface area contributed by atoms with Gasteiger partial charge in [0.1, 0.15) is 0 Å². The Bertz CT molecular complexity index is 172. The highest BCUT2D eigenvalue weighted by molar-refractivity contribution is 4.92. The van der Waals surface area contributed by atoms with Crippen LogP contribution in [0.1, 0.15) is 34.6 Å². The van der Waals surface area contributed by atoms with E-state index >= 15 is 0 Å². The summed E-state index contributed by atoms with van der Waals surface area (Å²) in [4.78, 5) is 2.42. The Hall–Kier alpha value is -0.0400. The van der Waals surface area contributed by atoms with Crippen molar-refractivity contribution < 1.29 is 0 Å². The SMILES string of the molecule is CC1C(C)C(C)C(N(C)C)C(C)C1C. The van der Waals surface area contributed by atoms with Gasteiger partial charge in [-0.15, -0.1) is 0 Å². The Kier molecular flexibility index (Phi) is 3.63. The third kappa shape index (κ3) is 1.84. The first kappa shape index (κ1) is 12.0. The van der Waals surface area contributed by atoms with E-state index in [1.165, 1.54) is 0 Å². The van der Waals surface area contributed by atoms with Crippen molar-refractivity contribution in [2.75, 3.05) is 14.1 Å². The molecule has 4 atom stereocenters. The van der Waals surface area contributed by atoms with Crippen LogP contribution in [0.15, 0.2) is 0 Å². The summed E-state index contributed by atoms with van der Waals surface area (Å²) in [5.41, 5.74) is 0. The summed E-state index contributed by atoms with van der Waals surface area (Å²) in [5, 5.41) is 0. The van der Waals surface area contributed by atoms with E-state index in [4.69, 9.17) is 0 Å². The van der Waals surface area contributed by atoms with E-state index in [2.05, 4.69) is 53.6 Å². The quantitative estimate of drug-likeness (QED) is 0.624. The Morgan fingerprint density at radius 1 is 0.571 bits per heavy atom. The Labute approximate surface area is 89.9 Å². The molecule has 84 valence electrons. The Morgan fingerprint density at radius 2 is 0.857 bits per heavy atom. The first-order valence-corrected chi connectivity index (χ1v) is 6.04. The van der Waals surface area contributed by atoms with Gasteiger partial charge in [-0.3, -0.25) is 0 Å². The van der Waals surface area contributed by atoms with Gasteiger partial charge >= 0.3 is 0 Å². The fraction of sp³-hybridized carbons (Fsp3) is 1.00. The summed E-state index contributed by atoms with van der Waals surface area (Å²) in [5.74, 6) is 4.23. The highest BCUT2D eigenvalue weighted by Gasteiger charge is 2.41. The molecule has 0 spiro atoms. The van der Waals surface area contributed by atoms with E-state index in [1.54, 1.807) is 0 Å². The molecule has 1 saturated carbocycles. The van der Waals surface area contributed by atoms with Crippen LogP contribution in [0.4, 0.5) is 0 Å². The molecule has 0 bridgehead atoms. The largest absolute Gasteiger partial charge is 0.306 e. The Morgan fingerprint density at radius 3 is 1.14 bits per heavy atom. The zero-order valence-corrected chi connectivity index (χ0v) is 10.9. The molecule has 0 aromatic carbocycles. The molecule has 1 fully saturated rings. The van der Waals surface area contributed by atoms with Crippen molar-refractivity contribution in [1.82, 2.24) is 4.90 Å². The topological polar surface area (TPSA) is 3.24 Å². The maximum absolute atomic E-state index is 2.42. The van der Waals surface area contributed by atoms with E-state index < -0.39 is 0 Å². The van der Waals surface area contributed by atoms with Gasteiger partial charge in [-0.2, -0.15) is 0 Å². The van der Waals surface area contributed by atoms with Crippen LogP contribution < -0.4 is 0 Å². The van der Waals surface area contributed by atoms with Gasteiger partial charge in [-0.1, -0.05) is 34.6 Å². The molecule has 0 radical (unpaired) electrons. The summed E-state index contributed by atoms with van der Waals surface area (Å²) in [6.07, 6.45) is 0. The van der Waals surface area contributed by atoms with Crippen LogP contribution in [-0.2, 0) is 0 Å². The van der Waals surface area contributed by atoms with Crippen LogP contribution >= 0.6 is 0 Å². The molecular formula is C13H27N. The van der Waals surface area contributed by atoms with E-state index in [9.17, 15) is 0 Å². The van der Waals surface area contributed by atoms with E-state index in [1.807, 2.05) is 0 Å². The minimum absolute atomic E-state index is 0.760. The lowest BCUT2D eigenvalue weighted by molar-refractivity contribution is -0.00127. The third-order valence-electron chi connectivity index (χ3n) is 4.99. The Balaban J connectivity index is 2.86. The summed E-state index contributed by atoms with van der Waals surface area (Å²) < 4.78 is 0. The summed E-state index contributed by atoms with van der Waals surface area (Å²) in [6, 6.07) is 0.760. The number of rotatable bonds is 1. The summed E-state index contributed by atoms with van der Waals surface area (Å²) >= 11 is 0. The van der Waals surface area contributed by atoms with Gasteiger partial charge in [0.05, 0.1) is 0 Å². The first-order valence-electron chi connectivity index (χ1n) is 6.04. The minimum atomic E-state index is 0.760. The normalized spacial score (nSPS) is 49.7. The molecule has 1 rings (SSSR count). The van der Waals surface area contributed by atoms with Gasteiger partial charge in [0.15, 0.2) is 0 Å². The van der Waals surface area contributed by atoms with Crippen molar-refractivity contribution in [2.24, 2.45) is 29.6 Å². The third-order valence-corrected chi connectivity index (χ3v) is 4.99. The molecule has 0 saturated heterocycles. The molecule has 0 N–H and O–H groups in total. The minimum Gasteiger partial charge on any atom is -0.306 e. The molecule has 0 aliphatic heterocycles. The van der Waals surface area contributed by atoms with Crippen LogP contribution in [0.2, 0.25) is 0 Å². The number of nitrogens with zero attached hydrogens (tertiary/aromatic N) is 1. The van der Waals surface area contributed by atoms with Gasteiger partial charge in [0, 0.05) is 6.04 Å². The summed E-state index contributed by atoms with van der Waals surface area (Å²) in [6.45, 7) is 12.1. The lowest BCUT2D eigenvalue weighted by Crippen LogP contribution is -2.51. The highest BCUT2D eigenvalue weighted by atomic mass is 15.1. The van der Waals surface area contributed by atoms with Gasteiger partial charge in [-0.25, -0.2) is 0 Å². The first-order chi connectivity index (χ1) is 6.37. The van der Waals surface area contributed by atoms with E-state index in [0.29, 0.717) is 0 Å². The maximum atomic E-state index is 2.42. The summed E-state index contributed by atoms with van der Waals surface area (Å²) in [7, 11) is 4.46. The molecule has 0 aromatic heterocycles. The monoisotopic (exact) mass is 197 g/mol. The van der Waals surface area contributed by atoms with Gasteiger partial charge in [0.2, 0.25) is 0 Å². The lowest BCUT2D eigenvalue weighted by Gasteiger charge is -2.49. The molecule has 0 heterocycles. The number of hydrogen-bond donors (Lipinski definition) is 0. The van der Waals surface area contributed by atoms with Gasteiger partial charge < -0.3 is 4.90 Å². The average molecular weight is 197 g/mol. The van der Waals surface area contributed by atoms with Crippen molar-refractivity contribution in [2.45, 2.75) is 40.7 Å². The number of hydrogen-bond acceptors (Lipinski definition) is 1. The van der Waals surface area contributed by atoms with Crippen molar-refractivity contribution in [3.63, 3.8) is 0 Å². The van der Waals surface area contributed by atoms with Crippen LogP contribution in [-0.4, -0.2) is 25.0 Å². The predicted molar refractivity (Wildman–Crippen MR) is 63.3 cm³/mol. The second-order valence-corrected chi connectivity index (χ2v) is 5.75. The fourth-order valence-electron chi connectivity index (χ4n) is 3.48. The van der Waals surface area contributed by atoms with Gasteiger partial charge in [-0.05, 0) is 43.7 Å². The molecule has 4 unspecified atom stereocenters. The molecule has 1 aliphatic rings. The van der Waals surface area contributed by atoms with Crippen molar-refractivity contribution in [3.8, 4) is 0 Å². The second kappa shape index (κ2) is 4.22. The van der Waals surface area contributed by atoms with Crippen LogP contribution in [0, 0.1) is 29.6 Å².